The van der Waals surface area contributed by atoms with Crippen molar-refractivity contribution in [1.29, 1.82) is 0 Å². The van der Waals surface area contributed by atoms with Crippen molar-refractivity contribution in [2.45, 2.75) is 11.8 Å². The van der Waals surface area contributed by atoms with Gasteiger partial charge in [0.05, 0.1) is 5.75 Å². The van der Waals surface area contributed by atoms with Crippen molar-refractivity contribution in [2.24, 2.45) is 0 Å². The molecule has 0 fully saturated rings. The van der Waals surface area contributed by atoms with Gasteiger partial charge in [0, 0.05) is 26.9 Å². The molecule has 4 aromatic carbocycles. The van der Waals surface area contributed by atoms with Gasteiger partial charge in [0.2, 0.25) is 5.91 Å². The molecule has 0 heterocycles. The highest BCUT2D eigenvalue weighted by Crippen LogP contribution is 2.23. The molecule has 0 saturated carbocycles. The largest absolute Gasteiger partial charge is 0.325 e. The molecular formula is C26H21ClN2O2S. The van der Waals surface area contributed by atoms with E-state index in [-0.39, 0.29) is 17.6 Å². The van der Waals surface area contributed by atoms with E-state index in [0.717, 1.165) is 21.2 Å². The van der Waals surface area contributed by atoms with E-state index < -0.39 is 0 Å². The molecule has 160 valence electrons. The lowest BCUT2D eigenvalue weighted by Crippen LogP contribution is -2.14. The molecule has 0 aliphatic rings. The van der Waals surface area contributed by atoms with Gasteiger partial charge in [-0.3, -0.25) is 9.59 Å². The Morgan fingerprint density at radius 3 is 2.28 bits per heavy atom. The van der Waals surface area contributed by atoms with Crippen LogP contribution in [0.1, 0.15) is 15.9 Å². The molecule has 32 heavy (non-hydrogen) atoms. The molecule has 0 radical (unpaired) electrons. The molecule has 0 spiro atoms. The highest BCUT2D eigenvalue weighted by Gasteiger charge is 2.08. The Morgan fingerprint density at radius 2 is 1.53 bits per heavy atom. The zero-order chi connectivity index (χ0) is 22.5. The predicted octanol–water partition coefficient (Wildman–Crippen LogP) is 6.78. The SMILES string of the molecule is Cc1ccc(NC(=O)CSc2ccc(NC(=O)c3ccc4ccccc4c3)cc2)cc1Cl. The first-order valence-electron chi connectivity index (χ1n) is 10.1. The van der Waals surface area contributed by atoms with Gasteiger partial charge in [-0.1, -0.05) is 48.0 Å². The number of amides is 2. The minimum atomic E-state index is -0.160. The highest BCUT2D eigenvalue weighted by molar-refractivity contribution is 8.00. The first-order chi connectivity index (χ1) is 15.5. The van der Waals surface area contributed by atoms with E-state index in [2.05, 4.69) is 10.6 Å². The summed E-state index contributed by atoms with van der Waals surface area (Å²) >= 11 is 7.52. The van der Waals surface area contributed by atoms with Crippen LogP contribution < -0.4 is 10.6 Å². The zero-order valence-corrected chi connectivity index (χ0v) is 19.0. The quantitative estimate of drug-likeness (QED) is 0.311. The Morgan fingerprint density at radius 1 is 0.812 bits per heavy atom. The standard InChI is InChI=1S/C26H21ClN2O2S/c1-17-6-9-22(15-24(17)27)28-25(30)16-32-23-12-10-21(11-13-23)29-26(31)20-8-7-18-4-2-3-5-19(18)14-20/h2-15H,16H2,1H3,(H,28,30)(H,29,31). The van der Waals surface area contributed by atoms with Gasteiger partial charge in [0.15, 0.2) is 0 Å². The van der Waals surface area contributed by atoms with Gasteiger partial charge in [0.25, 0.3) is 5.91 Å². The Labute approximate surface area is 196 Å². The van der Waals surface area contributed by atoms with Crippen LogP contribution in [0.25, 0.3) is 10.8 Å². The number of rotatable bonds is 6. The molecule has 6 heteroatoms. The average molecular weight is 461 g/mol. The number of aryl methyl sites for hydroxylation is 1. The Bertz CT molecular complexity index is 1290. The maximum absolute atomic E-state index is 12.6. The van der Waals surface area contributed by atoms with Gasteiger partial charge in [-0.2, -0.15) is 0 Å². The van der Waals surface area contributed by atoms with Crippen molar-refractivity contribution in [3.8, 4) is 0 Å². The van der Waals surface area contributed by atoms with Crippen LogP contribution in [0.2, 0.25) is 5.02 Å². The third-order valence-electron chi connectivity index (χ3n) is 4.95. The third kappa shape index (κ3) is 5.49. The maximum atomic E-state index is 12.6. The summed E-state index contributed by atoms with van der Waals surface area (Å²) in [5.74, 6) is 0.00442. The summed E-state index contributed by atoms with van der Waals surface area (Å²) in [6.07, 6.45) is 0. The Balaban J connectivity index is 1.31. The van der Waals surface area contributed by atoms with Crippen LogP contribution in [0.5, 0.6) is 0 Å². The summed E-state index contributed by atoms with van der Waals surface area (Å²) in [4.78, 5) is 25.7. The van der Waals surface area contributed by atoms with Gasteiger partial charge in [-0.25, -0.2) is 0 Å². The number of hydrogen-bond donors (Lipinski definition) is 2. The molecule has 4 nitrogen and oxygen atoms in total. The van der Waals surface area contributed by atoms with E-state index in [0.29, 0.717) is 22.0 Å². The third-order valence-corrected chi connectivity index (χ3v) is 6.37. The number of fused-ring (bicyclic) bond motifs is 1. The molecule has 0 aliphatic carbocycles. The molecular weight excluding hydrogens is 440 g/mol. The molecule has 0 saturated heterocycles. The lowest BCUT2D eigenvalue weighted by molar-refractivity contribution is -0.113. The normalized spacial score (nSPS) is 10.7. The topological polar surface area (TPSA) is 58.2 Å². The Kier molecular flexibility index (Phi) is 6.78. The highest BCUT2D eigenvalue weighted by atomic mass is 35.5. The van der Waals surface area contributed by atoms with Crippen molar-refractivity contribution >= 4 is 57.3 Å². The number of anilines is 2. The van der Waals surface area contributed by atoms with Crippen molar-refractivity contribution in [1.82, 2.24) is 0 Å². The number of thioether (sulfide) groups is 1. The van der Waals surface area contributed by atoms with E-state index in [1.54, 1.807) is 6.07 Å². The van der Waals surface area contributed by atoms with Crippen molar-refractivity contribution in [3.63, 3.8) is 0 Å². The predicted molar refractivity (Wildman–Crippen MR) is 134 cm³/mol. The lowest BCUT2D eigenvalue weighted by atomic mass is 10.1. The van der Waals surface area contributed by atoms with E-state index in [4.69, 9.17) is 11.6 Å². The number of carbonyl (C=O) groups excluding carboxylic acids is 2. The van der Waals surface area contributed by atoms with Gasteiger partial charge < -0.3 is 10.6 Å². The van der Waals surface area contributed by atoms with Crippen LogP contribution in [-0.2, 0) is 4.79 Å². The number of hydrogen-bond acceptors (Lipinski definition) is 3. The fourth-order valence-corrected chi connectivity index (χ4v) is 4.06. The number of nitrogens with one attached hydrogen (secondary N) is 2. The monoisotopic (exact) mass is 460 g/mol. The first kappa shape index (κ1) is 21.9. The fourth-order valence-electron chi connectivity index (χ4n) is 3.18. The van der Waals surface area contributed by atoms with Gasteiger partial charge in [-0.15, -0.1) is 11.8 Å². The smallest absolute Gasteiger partial charge is 0.255 e. The van der Waals surface area contributed by atoms with Crippen LogP contribution in [0.4, 0.5) is 11.4 Å². The number of benzene rings is 4. The van der Waals surface area contributed by atoms with Crippen LogP contribution in [0.3, 0.4) is 0 Å². The molecule has 0 aliphatic heterocycles. The minimum absolute atomic E-state index is 0.108. The molecule has 0 bridgehead atoms. The van der Waals surface area contributed by atoms with Gasteiger partial charge >= 0.3 is 0 Å². The second-order valence-electron chi connectivity index (χ2n) is 7.34. The van der Waals surface area contributed by atoms with Gasteiger partial charge in [0.1, 0.15) is 0 Å². The second-order valence-corrected chi connectivity index (χ2v) is 8.80. The molecule has 4 aromatic rings. The van der Waals surface area contributed by atoms with Crippen LogP contribution in [0.15, 0.2) is 89.8 Å². The van der Waals surface area contributed by atoms with E-state index in [9.17, 15) is 9.59 Å². The average Bonchev–Trinajstić information content (AvgIpc) is 2.80. The fraction of sp³-hybridized carbons (Fsp3) is 0.0769. The molecule has 4 rings (SSSR count). The van der Waals surface area contributed by atoms with E-state index in [1.807, 2.05) is 85.8 Å². The van der Waals surface area contributed by atoms with E-state index >= 15 is 0 Å². The van der Waals surface area contributed by atoms with Crippen molar-refractivity contribution in [2.75, 3.05) is 16.4 Å². The summed E-state index contributed by atoms with van der Waals surface area (Å²) in [5.41, 5.74) is 2.95. The molecule has 0 aromatic heterocycles. The van der Waals surface area contributed by atoms with Crippen LogP contribution in [-0.4, -0.2) is 17.6 Å². The Hall–Kier alpha value is -3.28. The maximum Gasteiger partial charge on any atom is 0.255 e. The number of carbonyl (C=O) groups is 2. The van der Waals surface area contributed by atoms with Crippen LogP contribution >= 0.6 is 23.4 Å². The van der Waals surface area contributed by atoms with Gasteiger partial charge in [-0.05, 0) is 71.8 Å². The first-order valence-corrected chi connectivity index (χ1v) is 11.4. The summed E-state index contributed by atoms with van der Waals surface area (Å²) in [5, 5.41) is 8.51. The minimum Gasteiger partial charge on any atom is -0.325 e. The molecule has 2 amide bonds. The summed E-state index contributed by atoms with van der Waals surface area (Å²) in [6.45, 7) is 1.91. The molecule has 0 atom stereocenters. The summed E-state index contributed by atoms with van der Waals surface area (Å²) in [6, 6.07) is 26.5. The number of halogens is 1. The summed E-state index contributed by atoms with van der Waals surface area (Å²) < 4.78 is 0. The zero-order valence-electron chi connectivity index (χ0n) is 17.4. The molecule has 2 N–H and O–H groups in total. The van der Waals surface area contributed by atoms with Crippen LogP contribution in [0, 0.1) is 6.92 Å². The molecule has 0 unspecified atom stereocenters. The lowest BCUT2D eigenvalue weighted by Gasteiger charge is -2.08. The van der Waals surface area contributed by atoms with E-state index in [1.165, 1.54) is 11.8 Å². The van der Waals surface area contributed by atoms with Crippen molar-refractivity contribution in [3.05, 3.63) is 101 Å². The second kappa shape index (κ2) is 9.90. The van der Waals surface area contributed by atoms with Crippen molar-refractivity contribution < 1.29 is 9.59 Å². The summed E-state index contributed by atoms with van der Waals surface area (Å²) in [7, 11) is 0.